The highest BCUT2D eigenvalue weighted by molar-refractivity contribution is 7.92. The van der Waals surface area contributed by atoms with Crippen molar-refractivity contribution in [2.75, 3.05) is 10.0 Å². The largest absolute Gasteiger partial charge is 0.325 e. The number of hydrogen-bond donors (Lipinski definition) is 2. The summed E-state index contributed by atoms with van der Waals surface area (Å²) in [6, 6.07) is 13.5. The van der Waals surface area contributed by atoms with E-state index in [0.717, 1.165) is 5.56 Å². The Labute approximate surface area is 143 Å². The first-order chi connectivity index (χ1) is 11.1. The van der Waals surface area contributed by atoms with Gasteiger partial charge in [-0.3, -0.25) is 9.52 Å². The van der Waals surface area contributed by atoms with Crippen LogP contribution in [0.2, 0.25) is 0 Å². The second-order valence-electron chi connectivity index (χ2n) is 6.61. The van der Waals surface area contributed by atoms with Crippen LogP contribution >= 0.6 is 0 Å². The fourth-order valence-corrected chi connectivity index (χ4v) is 3.29. The van der Waals surface area contributed by atoms with Gasteiger partial charge < -0.3 is 5.32 Å². The van der Waals surface area contributed by atoms with Gasteiger partial charge in [0.2, 0.25) is 5.91 Å². The van der Waals surface area contributed by atoms with E-state index in [2.05, 4.69) is 30.8 Å². The Morgan fingerprint density at radius 1 is 0.917 bits per heavy atom. The van der Waals surface area contributed by atoms with Crippen LogP contribution in [0, 0.1) is 0 Å². The lowest BCUT2D eigenvalue weighted by Gasteiger charge is -2.19. The summed E-state index contributed by atoms with van der Waals surface area (Å²) in [4.78, 5) is 11.4. The van der Waals surface area contributed by atoms with Crippen LogP contribution in [0.4, 0.5) is 11.4 Å². The zero-order chi connectivity index (χ0) is 18.0. The average Bonchev–Trinajstić information content (AvgIpc) is 2.48. The third-order valence-corrected chi connectivity index (χ3v) is 4.89. The number of sulfonamides is 1. The van der Waals surface area contributed by atoms with Gasteiger partial charge in [-0.2, -0.15) is 0 Å². The third-order valence-electron chi connectivity index (χ3n) is 3.51. The summed E-state index contributed by atoms with van der Waals surface area (Å²) in [5.74, 6) is -0.267. The third kappa shape index (κ3) is 4.35. The fraction of sp³-hybridized carbons (Fsp3) is 0.278. The van der Waals surface area contributed by atoms with Crippen molar-refractivity contribution in [1.29, 1.82) is 0 Å². The van der Waals surface area contributed by atoms with E-state index in [1.165, 1.54) is 6.92 Å². The van der Waals surface area contributed by atoms with E-state index < -0.39 is 10.0 Å². The number of carbonyl (C=O) groups is 1. The van der Waals surface area contributed by atoms with E-state index in [1.54, 1.807) is 36.4 Å². The Morgan fingerprint density at radius 3 is 1.96 bits per heavy atom. The Morgan fingerprint density at radius 2 is 1.46 bits per heavy atom. The number of amides is 1. The molecule has 0 atom stereocenters. The van der Waals surface area contributed by atoms with Crippen LogP contribution in [-0.2, 0) is 20.2 Å². The molecule has 0 fully saturated rings. The lowest BCUT2D eigenvalue weighted by Crippen LogP contribution is -2.16. The quantitative estimate of drug-likeness (QED) is 0.885. The van der Waals surface area contributed by atoms with Gasteiger partial charge in [0.05, 0.1) is 16.3 Å². The summed E-state index contributed by atoms with van der Waals surface area (Å²) in [7, 11) is -3.74. The van der Waals surface area contributed by atoms with Crippen molar-refractivity contribution in [3.05, 3.63) is 54.1 Å². The summed E-state index contributed by atoms with van der Waals surface area (Å²) >= 11 is 0. The minimum atomic E-state index is -3.74. The van der Waals surface area contributed by atoms with Gasteiger partial charge in [0, 0.05) is 6.92 Å². The molecule has 0 aliphatic heterocycles. The molecule has 0 unspecified atom stereocenters. The van der Waals surface area contributed by atoms with Gasteiger partial charge in [-0.05, 0) is 35.2 Å². The normalized spacial score (nSPS) is 11.8. The van der Waals surface area contributed by atoms with Crippen LogP contribution in [0.5, 0.6) is 0 Å². The molecule has 0 saturated heterocycles. The lowest BCUT2D eigenvalue weighted by atomic mass is 9.87. The molecule has 6 heteroatoms. The van der Waals surface area contributed by atoms with Gasteiger partial charge >= 0.3 is 0 Å². The minimum Gasteiger partial charge on any atom is -0.325 e. The number of benzene rings is 2. The molecule has 0 saturated carbocycles. The standard InChI is InChI=1S/C18H22N2O3S/c1-13(21)19-16-7-5-6-8-17(16)20-24(22,23)15-11-9-14(10-12-15)18(2,3)4/h5-12,20H,1-4H3,(H,19,21). The first kappa shape index (κ1) is 18.0. The molecule has 2 aromatic rings. The molecule has 0 bridgehead atoms. The molecular weight excluding hydrogens is 324 g/mol. The minimum absolute atomic E-state index is 0.0479. The first-order valence-electron chi connectivity index (χ1n) is 7.59. The van der Waals surface area contributed by atoms with Gasteiger partial charge in [0.25, 0.3) is 10.0 Å². The van der Waals surface area contributed by atoms with Gasteiger partial charge in [-0.15, -0.1) is 0 Å². The molecule has 0 radical (unpaired) electrons. The van der Waals surface area contributed by atoms with E-state index in [4.69, 9.17) is 0 Å². The summed E-state index contributed by atoms with van der Waals surface area (Å²) in [5, 5.41) is 2.61. The number of para-hydroxylation sites is 2. The molecule has 2 aromatic carbocycles. The zero-order valence-corrected chi connectivity index (χ0v) is 15.1. The fourth-order valence-electron chi connectivity index (χ4n) is 2.21. The maximum atomic E-state index is 12.6. The molecule has 5 nitrogen and oxygen atoms in total. The Bertz CT molecular complexity index is 835. The Balaban J connectivity index is 2.31. The topological polar surface area (TPSA) is 75.3 Å². The molecule has 0 aromatic heterocycles. The van der Waals surface area contributed by atoms with Crippen LogP contribution in [0.15, 0.2) is 53.4 Å². The number of carbonyl (C=O) groups excluding carboxylic acids is 1. The van der Waals surface area contributed by atoms with Crippen LogP contribution in [0.25, 0.3) is 0 Å². The molecule has 24 heavy (non-hydrogen) atoms. The predicted octanol–water partition coefficient (Wildman–Crippen LogP) is 3.74. The van der Waals surface area contributed by atoms with Crippen LogP contribution in [0.1, 0.15) is 33.3 Å². The predicted molar refractivity (Wildman–Crippen MR) is 96.7 cm³/mol. The van der Waals surface area contributed by atoms with Gasteiger partial charge in [-0.25, -0.2) is 8.42 Å². The van der Waals surface area contributed by atoms with E-state index >= 15 is 0 Å². The van der Waals surface area contributed by atoms with Crippen molar-refractivity contribution < 1.29 is 13.2 Å². The molecule has 2 rings (SSSR count). The Hall–Kier alpha value is -2.34. The lowest BCUT2D eigenvalue weighted by molar-refractivity contribution is -0.114. The number of nitrogens with one attached hydrogen (secondary N) is 2. The van der Waals surface area contributed by atoms with Crippen molar-refractivity contribution in [2.24, 2.45) is 0 Å². The van der Waals surface area contributed by atoms with E-state index in [9.17, 15) is 13.2 Å². The van der Waals surface area contributed by atoms with Gasteiger partial charge in [0.1, 0.15) is 0 Å². The van der Waals surface area contributed by atoms with Gasteiger partial charge in [0.15, 0.2) is 0 Å². The van der Waals surface area contributed by atoms with E-state index in [0.29, 0.717) is 11.4 Å². The van der Waals surface area contributed by atoms with Crippen molar-refractivity contribution in [1.82, 2.24) is 0 Å². The molecular formula is C18H22N2O3S. The highest BCUT2D eigenvalue weighted by Crippen LogP contribution is 2.26. The molecule has 2 N–H and O–H groups in total. The summed E-state index contributed by atoms with van der Waals surface area (Å²) in [5.41, 5.74) is 1.75. The van der Waals surface area contributed by atoms with Crippen LogP contribution < -0.4 is 10.0 Å². The molecule has 0 heterocycles. The molecule has 1 amide bonds. The summed E-state index contributed by atoms with van der Waals surface area (Å²) < 4.78 is 27.7. The smallest absolute Gasteiger partial charge is 0.261 e. The summed E-state index contributed by atoms with van der Waals surface area (Å²) in [6.45, 7) is 7.58. The Kier molecular flexibility index (Phi) is 4.99. The van der Waals surface area contributed by atoms with E-state index in [-0.39, 0.29) is 16.2 Å². The summed E-state index contributed by atoms with van der Waals surface area (Å²) in [6.07, 6.45) is 0. The molecule has 0 aliphatic carbocycles. The van der Waals surface area contributed by atoms with Crippen molar-refractivity contribution in [3.63, 3.8) is 0 Å². The first-order valence-corrected chi connectivity index (χ1v) is 9.08. The second kappa shape index (κ2) is 6.65. The zero-order valence-electron chi connectivity index (χ0n) is 14.3. The maximum absolute atomic E-state index is 12.6. The van der Waals surface area contributed by atoms with Crippen molar-refractivity contribution in [2.45, 2.75) is 38.0 Å². The SMILES string of the molecule is CC(=O)Nc1ccccc1NS(=O)(=O)c1ccc(C(C)(C)C)cc1. The number of hydrogen-bond acceptors (Lipinski definition) is 3. The number of rotatable bonds is 4. The van der Waals surface area contributed by atoms with Crippen LogP contribution in [-0.4, -0.2) is 14.3 Å². The molecule has 0 aliphatic rings. The van der Waals surface area contributed by atoms with Crippen molar-refractivity contribution in [3.8, 4) is 0 Å². The monoisotopic (exact) mass is 346 g/mol. The van der Waals surface area contributed by atoms with Gasteiger partial charge in [-0.1, -0.05) is 45.0 Å². The molecule has 128 valence electrons. The van der Waals surface area contributed by atoms with Crippen LogP contribution in [0.3, 0.4) is 0 Å². The van der Waals surface area contributed by atoms with E-state index in [1.807, 2.05) is 12.1 Å². The number of anilines is 2. The highest BCUT2D eigenvalue weighted by atomic mass is 32.2. The van der Waals surface area contributed by atoms with Crippen molar-refractivity contribution >= 4 is 27.3 Å². The highest BCUT2D eigenvalue weighted by Gasteiger charge is 2.18. The average molecular weight is 346 g/mol. The molecule has 0 spiro atoms. The second-order valence-corrected chi connectivity index (χ2v) is 8.29. The maximum Gasteiger partial charge on any atom is 0.261 e.